The summed E-state index contributed by atoms with van der Waals surface area (Å²) in [7, 11) is 4.00. The SMILES string of the molecule is CCNC(Cc1ccccc1OC)C1CSCCN1C. The van der Waals surface area contributed by atoms with Gasteiger partial charge in [-0.1, -0.05) is 25.1 Å². The Kier molecular flexibility index (Phi) is 6.20. The molecule has 0 aromatic heterocycles. The molecule has 0 aliphatic carbocycles. The first kappa shape index (κ1) is 15.7. The van der Waals surface area contributed by atoms with Crippen molar-refractivity contribution in [2.45, 2.75) is 25.4 Å². The highest BCUT2D eigenvalue weighted by atomic mass is 32.2. The van der Waals surface area contributed by atoms with E-state index in [9.17, 15) is 0 Å². The second-order valence-electron chi connectivity index (χ2n) is 5.30. The van der Waals surface area contributed by atoms with Crippen molar-refractivity contribution in [2.24, 2.45) is 0 Å². The summed E-state index contributed by atoms with van der Waals surface area (Å²) < 4.78 is 5.49. The molecule has 0 bridgehead atoms. The van der Waals surface area contributed by atoms with Crippen LogP contribution in [0.2, 0.25) is 0 Å². The molecule has 1 aromatic rings. The molecule has 2 unspecified atom stereocenters. The number of hydrogen-bond acceptors (Lipinski definition) is 4. The minimum Gasteiger partial charge on any atom is -0.496 e. The third kappa shape index (κ3) is 3.90. The van der Waals surface area contributed by atoms with Crippen LogP contribution in [-0.4, -0.2) is 55.7 Å². The van der Waals surface area contributed by atoms with Crippen LogP contribution in [-0.2, 0) is 6.42 Å². The van der Waals surface area contributed by atoms with Crippen LogP contribution in [0.4, 0.5) is 0 Å². The number of methoxy groups -OCH3 is 1. The summed E-state index contributed by atoms with van der Waals surface area (Å²) in [5.74, 6) is 3.46. The van der Waals surface area contributed by atoms with Crippen molar-refractivity contribution in [3.05, 3.63) is 29.8 Å². The molecule has 20 heavy (non-hydrogen) atoms. The molecule has 1 aliphatic heterocycles. The van der Waals surface area contributed by atoms with Gasteiger partial charge in [-0.2, -0.15) is 11.8 Å². The molecule has 0 amide bonds. The van der Waals surface area contributed by atoms with Crippen molar-refractivity contribution >= 4 is 11.8 Å². The van der Waals surface area contributed by atoms with Crippen LogP contribution >= 0.6 is 11.8 Å². The van der Waals surface area contributed by atoms with Crippen LogP contribution in [0.1, 0.15) is 12.5 Å². The molecule has 0 spiro atoms. The van der Waals surface area contributed by atoms with E-state index in [-0.39, 0.29) is 0 Å². The van der Waals surface area contributed by atoms with E-state index in [1.807, 2.05) is 6.07 Å². The standard InChI is InChI=1S/C16H26N2OS/c1-4-17-14(15-12-20-10-9-18(15)2)11-13-7-5-6-8-16(13)19-3/h5-8,14-15,17H,4,9-12H2,1-3H3. The Morgan fingerprint density at radius 1 is 1.45 bits per heavy atom. The summed E-state index contributed by atoms with van der Waals surface area (Å²) in [4.78, 5) is 2.50. The van der Waals surface area contributed by atoms with E-state index in [1.165, 1.54) is 23.6 Å². The van der Waals surface area contributed by atoms with E-state index >= 15 is 0 Å². The monoisotopic (exact) mass is 294 g/mol. The lowest BCUT2D eigenvalue weighted by Crippen LogP contribution is -2.53. The number of nitrogens with zero attached hydrogens (tertiary/aromatic N) is 1. The molecular formula is C16H26N2OS. The lowest BCUT2D eigenvalue weighted by molar-refractivity contribution is 0.214. The molecular weight excluding hydrogens is 268 g/mol. The number of ether oxygens (including phenoxy) is 1. The van der Waals surface area contributed by atoms with Gasteiger partial charge in [0.2, 0.25) is 0 Å². The number of likely N-dealkylation sites (N-methyl/N-ethyl adjacent to an activating group) is 2. The van der Waals surface area contributed by atoms with Crippen molar-refractivity contribution in [3.63, 3.8) is 0 Å². The van der Waals surface area contributed by atoms with E-state index in [0.717, 1.165) is 18.7 Å². The van der Waals surface area contributed by atoms with Crippen LogP contribution in [0, 0.1) is 0 Å². The molecule has 1 saturated heterocycles. The maximum absolute atomic E-state index is 5.49. The predicted molar refractivity (Wildman–Crippen MR) is 87.9 cm³/mol. The van der Waals surface area contributed by atoms with Crippen LogP contribution in [0.5, 0.6) is 5.75 Å². The predicted octanol–water partition coefficient (Wildman–Crippen LogP) is 2.26. The van der Waals surface area contributed by atoms with Gasteiger partial charge in [0.05, 0.1) is 7.11 Å². The van der Waals surface area contributed by atoms with Crippen LogP contribution in [0.25, 0.3) is 0 Å². The van der Waals surface area contributed by atoms with Crippen molar-refractivity contribution in [1.29, 1.82) is 0 Å². The summed E-state index contributed by atoms with van der Waals surface area (Å²) in [5, 5.41) is 3.67. The number of thioether (sulfide) groups is 1. The lowest BCUT2D eigenvalue weighted by Gasteiger charge is -2.38. The van der Waals surface area contributed by atoms with Gasteiger partial charge in [-0.25, -0.2) is 0 Å². The Labute approximate surface area is 127 Å². The highest BCUT2D eigenvalue weighted by Crippen LogP contribution is 2.23. The fourth-order valence-electron chi connectivity index (χ4n) is 2.84. The first-order valence-corrected chi connectivity index (χ1v) is 8.55. The van der Waals surface area contributed by atoms with E-state index < -0.39 is 0 Å². The van der Waals surface area contributed by atoms with Gasteiger partial charge in [0.15, 0.2) is 0 Å². The minimum absolute atomic E-state index is 0.481. The Balaban J connectivity index is 2.12. The Hall–Kier alpha value is -0.710. The van der Waals surface area contributed by atoms with Crippen molar-refractivity contribution < 1.29 is 4.74 Å². The van der Waals surface area contributed by atoms with Gasteiger partial charge in [0.1, 0.15) is 5.75 Å². The first-order chi connectivity index (χ1) is 9.76. The molecule has 2 rings (SSSR count). The second kappa shape index (κ2) is 7.91. The average Bonchev–Trinajstić information content (AvgIpc) is 2.48. The largest absolute Gasteiger partial charge is 0.496 e. The van der Waals surface area contributed by atoms with Gasteiger partial charge in [-0.15, -0.1) is 0 Å². The van der Waals surface area contributed by atoms with Crippen LogP contribution < -0.4 is 10.1 Å². The second-order valence-corrected chi connectivity index (χ2v) is 6.45. The molecule has 2 atom stereocenters. The van der Waals surface area contributed by atoms with E-state index in [4.69, 9.17) is 4.74 Å². The fraction of sp³-hybridized carbons (Fsp3) is 0.625. The van der Waals surface area contributed by atoms with E-state index in [1.54, 1.807) is 7.11 Å². The molecule has 1 fully saturated rings. The van der Waals surface area contributed by atoms with Gasteiger partial charge in [0.25, 0.3) is 0 Å². The highest BCUT2D eigenvalue weighted by molar-refractivity contribution is 7.99. The fourth-order valence-corrected chi connectivity index (χ4v) is 4.16. The molecule has 4 heteroatoms. The molecule has 112 valence electrons. The lowest BCUT2D eigenvalue weighted by atomic mass is 9.98. The van der Waals surface area contributed by atoms with Gasteiger partial charge < -0.3 is 15.0 Å². The first-order valence-electron chi connectivity index (χ1n) is 7.39. The zero-order chi connectivity index (χ0) is 14.4. The third-order valence-electron chi connectivity index (χ3n) is 4.01. The zero-order valence-corrected chi connectivity index (χ0v) is 13.6. The van der Waals surface area contributed by atoms with Gasteiger partial charge in [-0.3, -0.25) is 0 Å². The third-order valence-corrected chi connectivity index (χ3v) is 5.05. The number of benzene rings is 1. The van der Waals surface area contributed by atoms with Gasteiger partial charge >= 0.3 is 0 Å². The molecule has 1 aromatic carbocycles. The molecule has 0 saturated carbocycles. The van der Waals surface area contributed by atoms with Gasteiger partial charge in [-0.05, 0) is 31.6 Å². The molecule has 1 heterocycles. The Morgan fingerprint density at radius 3 is 2.95 bits per heavy atom. The quantitative estimate of drug-likeness (QED) is 0.870. The number of nitrogens with one attached hydrogen (secondary N) is 1. The maximum Gasteiger partial charge on any atom is 0.122 e. The van der Waals surface area contributed by atoms with Crippen molar-refractivity contribution in [1.82, 2.24) is 10.2 Å². The Morgan fingerprint density at radius 2 is 2.25 bits per heavy atom. The smallest absolute Gasteiger partial charge is 0.122 e. The summed E-state index contributed by atoms with van der Waals surface area (Å²) >= 11 is 2.07. The summed E-state index contributed by atoms with van der Waals surface area (Å²) in [5.41, 5.74) is 1.30. The summed E-state index contributed by atoms with van der Waals surface area (Å²) in [6, 6.07) is 9.44. The van der Waals surface area contributed by atoms with E-state index in [2.05, 4.69) is 54.1 Å². The summed E-state index contributed by atoms with van der Waals surface area (Å²) in [6.45, 7) is 4.38. The zero-order valence-electron chi connectivity index (χ0n) is 12.8. The number of rotatable bonds is 6. The minimum atomic E-state index is 0.481. The molecule has 1 aliphatic rings. The number of para-hydroxylation sites is 1. The Bertz CT molecular complexity index is 413. The van der Waals surface area contributed by atoms with Crippen molar-refractivity contribution in [3.8, 4) is 5.75 Å². The average molecular weight is 294 g/mol. The molecule has 0 radical (unpaired) electrons. The summed E-state index contributed by atoms with van der Waals surface area (Å²) in [6.07, 6.45) is 1.02. The van der Waals surface area contributed by atoms with Crippen molar-refractivity contribution in [2.75, 3.05) is 38.8 Å². The molecule has 1 N–H and O–H groups in total. The van der Waals surface area contributed by atoms with Crippen LogP contribution in [0.15, 0.2) is 24.3 Å². The van der Waals surface area contributed by atoms with Crippen LogP contribution in [0.3, 0.4) is 0 Å². The van der Waals surface area contributed by atoms with E-state index in [0.29, 0.717) is 12.1 Å². The topological polar surface area (TPSA) is 24.5 Å². The number of hydrogen-bond donors (Lipinski definition) is 1. The normalized spacial score (nSPS) is 21.6. The van der Waals surface area contributed by atoms with Gasteiger partial charge in [0, 0.05) is 30.1 Å². The maximum atomic E-state index is 5.49. The highest BCUT2D eigenvalue weighted by Gasteiger charge is 2.28. The molecule has 3 nitrogen and oxygen atoms in total.